The van der Waals surface area contributed by atoms with E-state index in [0.29, 0.717) is 0 Å². The van der Waals surface area contributed by atoms with Gasteiger partial charge in [-0.1, -0.05) is 133 Å². The van der Waals surface area contributed by atoms with Crippen molar-refractivity contribution in [1.29, 1.82) is 0 Å². The quantitative estimate of drug-likeness (QED) is 0.180. The molecule has 13 rings (SSSR count). The normalized spacial score (nSPS) is 12.4. The number of furan rings is 1. The summed E-state index contributed by atoms with van der Waals surface area (Å²) in [4.78, 5) is 0. The monoisotopic (exact) mass is 698 g/mol. The van der Waals surface area contributed by atoms with Crippen molar-refractivity contribution in [3.63, 3.8) is 0 Å². The molecule has 0 unspecified atom stereocenters. The second-order valence-corrected chi connectivity index (χ2v) is 14.8. The third-order valence-electron chi connectivity index (χ3n) is 12.0. The van der Waals surface area contributed by atoms with E-state index in [1.165, 1.54) is 82.4 Å². The van der Waals surface area contributed by atoms with Crippen molar-refractivity contribution in [2.75, 3.05) is 0 Å². The van der Waals surface area contributed by atoms with Crippen molar-refractivity contribution in [2.24, 2.45) is 0 Å². The van der Waals surface area contributed by atoms with Gasteiger partial charge in [0.15, 0.2) is 0 Å². The summed E-state index contributed by atoms with van der Waals surface area (Å²) in [6, 6.07) is 66.4. The number of benzene rings is 9. The maximum absolute atomic E-state index is 6.55. The topological polar surface area (TPSA) is 23.0 Å². The molecule has 1 aliphatic carbocycles. The summed E-state index contributed by atoms with van der Waals surface area (Å²) < 4.78 is 11.6. The van der Waals surface area contributed by atoms with Gasteiger partial charge in [-0.05, 0) is 87.3 Å². The molecule has 0 saturated carbocycles. The van der Waals surface area contributed by atoms with Crippen LogP contribution in [0.4, 0.5) is 0 Å². The highest BCUT2D eigenvalue weighted by Crippen LogP contribution is 2.50. The van der Waals surface area contributed by atoms with Gasteiger partial charge in [0.2, 0.25) is 0 Å². The lowest BCUT2D eigenvalue weighted by molar-refractivity contribution is 0.669. The van der Waals surface area contributed by atoms with E-state index in [0.717, 1.165) is 38.7 Å². The van der Waals surface area contributed by atoms with Crippen LogP contribution in [0.3, 0.4) is 0 Å². The Kier molecular flexibility index (Phi) is 5.63. The highest BCUT2D eigenvalue weighted by Gasteiger charge is 2.27. The SMILES string of the molecule is c1ccc(-c2cccc(-n3c4ccc5c6ccccc6n(-c6ccc7c8c(cccc68)-c6ccccc6-7)c5c4c4ccc5oc6ccccc6c5c43)c2)cc1. The molecule has 0 radical (unpaired) electrons. The highest BCUT2D eigenvalue weighted by molar-refractivity contribution is 6.31. The fourth-order valence-electron chi connectivity index (χ4n) is 9.81. The molecule has 0 spiro atoms. The number of hydrogen-bond donors (Lipinski definition) is 0. The van der Waals surface area contributed by atoms with E-state index in [-0.39, 0.29) is 0 Å². The first-order valence-electron chi connectivity index (χ1n) is 18.9. The fraction of sp³-hybridized carbons (Fsp3) is 0. The number of fused-ring (bicyclic) bond motifs is 14. The van der Waals surface area contributed by atoms with Gasteiger partial charge in [-0.25, -0.2) is 0 Å². The van der Waals surface area contributed by atoms with Crippen molar-refractivity contribution in [2.45, 2.75) is 0 Å². The van der Waals surface area contributed by atoms with E-state index in [2.05, 4.69) is 191 Å². The van der Waals surface area contributed by atoms with Crippen LogP contribution in [-0.4, -0.2) is 9.13 Å². The summed E-state index contributed by atoms with van der Waals surface area (Å²) in [6.07, 6.45) is 0. The number of rotatable bonds is 3. The summed E-state index contributed by atoms with van der Waals surface area (Å²) in [6.45, 7) is 0. The number of hydrogen-bond acceptors (Lipinski definition) is 1. The van der Waals surface area contributed by atoms with E-state index in [9.17, 15) is 0 Å². The molecule has 3 heteroatoms. The van der Waals surface area contributed by atoms with Gasteiger partial charge in [0, 0.05) is 38.0 Å². The first-order valence-corrected chi connectivity index (χ1v) is 18.9. The van der Waals surface area contributed by atoms with Crippen LogP contribution in [0.15, 0.2) is 186 Å². The molecule has 55 heavy (non-hydrogen) atoms. The third kappa shape index (κ3) is 3.79. The minimum atomic E-state index is 0.890. The maximum atomic E-state index is 6.55. The Morgan fingerprint density at radius 3 is 1.89 bits per heavy atom. The first kappa shape index (κ1) is 29.1. The predicted molar refractivity (Wildman–Crippen MR) is 230 cm³/mol. The Morgan fingerprint density at radius 2 is 1.00 bits per heavy atom. The largest absolute Gasteiger partial charge is 0.456 e. The van der Waals surface area contributed by atoms with Gasteiger partial charge in [-0.15, -0.1) is 0 Å². The summed E-state index contributed by atoms with van der Waals surface area (Å²) in [5.41, 5.74) is 16.4. The van der Waals surface area contributed by atoms with E-state index in [1.807, 2.05) is 0 Å². The van der Waals surface area contributed by atoms with Crippen molar-refractivity contribution < 1.29 is 4.42 Å². The zero-order valence-corrected chi connectivity index (χ0v) is 29.6. The second kappa shape index (κ2) is 10.6. The predicted octanol–water partition coefficient (Wildman–Crippen LogP) is 14.2. The van der Waals surface area contributed by atoms with E-state index in [1.54, 1.807) is 0 Å². The average molecular weight is 699 g/mol. The molecule has 254 valence electrons. The Bertz CT molecular complexity index is 3570. The number of aromatic nitrogens is 2. The van der Waals surface area contributed by atoms with Gasteiger partial charge in [0.1, 0.15) is 11.2 Å². The van der Waals surface area contributed by atoms with Gasteiger partial charge in [-0.3, -0.25) is 0 Å². The Morgan fingerprint density at radius 1 is 0.327 bits per heavy atom. The zero-order chi connectivity index (χ0) is 35.8. The van der Waals surface area contributed by atoms with E-state index in [4.69, 9.17) is 4.42 Å². The molecule has 3 aromatic heterocycles. The van der Waals surface area contributed by atoms with Crippen LogP contribution in [0.2, 0.25) is 0 Å². The smallest absolute Gasteiger partial charge is 0.137 e. The molecule has 0 amide bonds. The van der Waals surface area contributed by atoms with Crippen LogP contribution in [-0.2, 0) is 0 Å². The van der Waals surface area contributed by atoms with E-state index < -0.39 is 0 Å². The van der Waals surface area contributed by atoms with Crippen LogP contribution >= 0.6 is 0 Å². The minimum absolute atomic E-state index is 0.890. The van der Waals surface area contributed by atoms with Crippen molar-refractivity contribution in [3.05, 3.63) is 182 Å². The molecular weight excluding hydrogens is 669 g/mol. The Labute approximate surface area is 315 Å². The first-order chi connectivity index (χ1) is 27.3. The molecular formula is C52H30N2O. The molecule has 0 saturated heterocycles. The molecule has 0 aliphatic heterocycles. The summed E-state index contributed by atoms with van der Waals surface area (Å²) in [7, 11) is 0. The third-order valence-corrected chi connectivity index (χ3v) is 12.0. The van der Waals surface area contributed by atoms with Gasteiger partial charge in [-0.2, -0.15) is 0 Å². The zero-order valence-electron chi connectivity index (χ0n) is 29.6. The van der Waals surface area contributed by atoms with Crippen LogP contribution in [0, 0.1) is 0 Å². The van der Waals surface area contributed by atoms with Crippen LogP contribution < -0.4 is 0 Å². The summed E-state index contributed by atoms with van der Waals surface area (Å²) in [5, 5.41) is 9.75. The molecule has 12 aromatic rings. The molecule has 1 aliphatic rings. The molecule has 3 heterocycles. The standard InChI is InChI=1S/C52H30N2O/c1-2-12-31(13-3-1)32-14-10-15-33(30-32)53-45-28-25-39-36-18-6-8-22-43(36)54(44-27-24-38-35-17-5-4-16-34(35)37-20-11-21-40(44)48(37)38)51(39)49(45)42-26-29-47-50(52(42)53)41-19-7-9-23-46(41)55-47/h1-30H. The average Bonchev–Trinajstić information content (AvgIpc) is 3.99. The molecule has 0 fully saturated rings. The van der Waals surface area contributed by atoms with Gasteiger partial charge in [0.05, 0.1) is 33.1 Å². The second-order valence-electron chi connectivity index (χ2n) is 14.8. The lowest BCUT2D eigenvalue weighted by atomic mass is 10.0. The fourth-order valence-corrected chi connectivity index (χ4v) is 9.81. The lowest BCUT2D eigenvalue weighted by Crippen LogP contribution is -1.97. The summed E-state index contributed by atoms with van der Waals surface area (Å²) in [5.74, 6) is 0. The van der Waals surface area contributed by atoms with Crippen molar-refractivity contribution in [1.82, 2.24) is 9.13 Å². The number of para-hydroxylation sites is 2. The molecule has 0 N–H and O–H groups in total. The Hall–Kier alpha value is -7.36. The van der Waals surface area contributed by atoms with Crippen molar-refractivity contribution in [3.8, 4) is 44.8 Å². The van der Waals surface area contributed by atoms with E-state index >= 15 is 0 Å². The van der Waals surface area contributed by atoms with Gasteiger partial charge in [0.25, 0.3) is 0 Å². The van der Waals surface area contributed by atoms with Gasteiger partial charge < -0.3 is 13.6 Å². The molecule has 0 bridgehead atoms. The lowest BCUT2D eigenvalue weighted by Gasteiger charge is -2.14. The number of nitrogens with zero attached hydrogens (tertiary/aromatic N) is 2. The van der Waals surface area contributed by atoms with Crippen molar-refractivity contribution >= 4 is 76.3 Å². The van der Waals surface area contributed by atoms with Gasteiger partial charge >= 0.3 is 0 Å². The van der Waals surface area contributed by atoms with Crippen LogP contribution in [0.25, 0.3) is 121 Å². The van der Waals surface area contributed by atoms with Crippen LogP contribution in [0.5, 0.6) is 0 Å². The maximum Gasteiger partial charge on any atom is 0.137 e. The summed E-state index contributed by atoms with van der Waals surface area (Å²) >= 11 is 0. The molecule has 0 atom stereocenters. The Balaban J connectivity index is 1.23. The molecule has 9 aromatic carbocycles. The molecule has 3 nitrogen and oxygen atoms in total. The minimum Gasteiger partial charge on any atom is -0.456 e. The highest BCUT2D eigenvalue weighted by atomic mass is 16.3. The van der Waals surface area contributed by atoms with Crippen LogP contribution in [0.1, 0.15) is 0 Å².